The number of carboxylic acids is 1. The molecule has 1 amide bonds. The average molecular weight is 224 g/mol. The van der Waals surface area contributed by atoms with Crippen LogP contribution in [0.2, 0.25) is 0 Å². The largest absolute Gasteiger partial charge is 0.480 e. The van der Waals surface area contributed by atoms with Crippen LogP contribution in [0.4, 0.5) is 0 Å². The summed E-state index contributed by atoms with van der Waals surface area (Å²) in [6.45, 7) is 0.550. The Balaban J connectivity index is 2.01. The van der Waals surface area contributed by atoms with Gasteiger partial charge < -0.3 is 10.0 Å². The van der Waals surface area contributed by atoms with Crippen LogP contribution >= 0.6 is 0 Å². The molecule has 0 radical (unpaired) electrons. The van der Waals surface area contributed by atoms with E-state index < -0.39 is 12.0 Å². The molecular weight excluding hydrogens is 212 g/mol. The number of likely N-dealkylation sites (tertiary alicyclic amines) is 1. The molecule has 1 aromatic heterocycles. The number of hydrogen-bond acceptors (Lipinski definition) is 4. The fraction of sp³-hybridized carbons (Fsp3) is 0.556. The summed E-state index contributed by atoms with van der Waals surface area (Å²) >= 11 is 0. The number of aromatic nitrogens is 3. The van der Waals surface area contributed by atoms with Gasteiger partial charge in [0.15, 0.2) is 0 Å². The number of nitrogens with zero attached hydrogens (tertiary/aromatic N) is 4. The van der Waals surface area contributed by atoms with E-state index >= 15 is 0 Å². The minimum Gasteiger partial charge on any atom is -0.480 e. The zero-order chi connectivity index (χ0) is 11.5. The monoisotopic (exact) mass is 224 g/mol. The number of hydrogen-bond donors (Lipinski definition) is 1. The van der Waals surface area contributed by atoms with Crippen LogP contribution in [0.5, 0.6) is 0 Å². The highest BCUT2D eigenvalue weighted by molar-refractivity contribution is 5.84. The Hall–Kier alpha value is -1.92. The molecule has 2 heterocycles. The molecule has 86 valence electrons. The molecule has 1 aromatic rings. The first-order chi connectivity index (χ1) is 7.68. The van der Waals surface area contributed by atoms with Crippen molar-refractivity contribution in [2.75, 3.05) is 6.54 Å². The summed E-state index contributed by atoms with van der Waals surface area (Å²) < 4.78 is 1.39. The van der Waals surface area contributed by atoms with Crippen LogP contribution in [0.3, 0.4) is 0 Å². The minimum atomic E-state index is -0.940. The lowest BCUT2D eigenvalue weighted by Gasteiger charge is -2.21. The van der Waals surface area contributed by atoms with Crippen LogP contribution in [0.15, 0.2) is 12.7 Å². The third kappa shape index (κ3) is 2.02. The van der Waals surface area contributed by atoms with Crippen molar-refractivity contribution in [3.63, 3.8) is 0 Å². The molecule has 0 saturated carbocycles. The van der Waals surface area contributed by atoms with E-state index in [9.17, 15) is 9.59 Å². The Labute approximate surface area is 91.7 Å². The van der Waals surface area contributed by atoms with E-state index in [2.05, 4.69) is 10.1 Å². The minimum absolute atomic E-state index is 0.0454. The Kier molecular flexibility index (Phi) is 2.84. The first-order valence-electron chi connectivity index (χ1n) is 5.03. The highest BCUT2D eigenvalue weighted by Crippen LogP contribution is 2.17. The molecule has 0 unspecified atom stereocenters. The Morgan fingerprint density at radius 2 is 2.31 bits per heavy atom. The van der Waals surface area contributed by atoms with Gasteiger partial charge in [-0.25, -0.2) is 14.5 Å². The topological polar surface area (TPSA) is 88.3 Å². The number of aliphatic carboxylic acids is 1. The average Bonchev–Trinajstić information content (AvgIpc) is 2.86. The predicted octanol–water partition coefficient (Wildman–Crippen LogP) is -0.646. The molecule has 2 rings (SSSR count). The van der Waals surface area contributed by atoms with Crippen molar-refractivity contribution in [1.29, 1.82) is 0 Å². The number of carbonyl (C=O) groups excluding carboxylic acids is 1. The molecule has 1 aliphatic heterocycles. The van der Waals surface area contributed by atoms with Gasteiger partial charge in [0, 0.05) is 6.54 Å². The molecule has 1 aliphatic rings. The molecule has 1 fully saturated rings. The number of rotatable bonds is 3. The third-order valence-corrected chi connectivity index (χ3v) is 2.62. The van der Waals surface area contributed by atoms with Crippen LogP contribution in [0.1, 0.15) is 12.8 Å². The maximum atomic E-state index is 11.8. The van der Waals surface area contributed by atoms with Crippen molar-refractivity contribution in [3.05, 3.63) is 12.7 Å². The highest BCUT2D eigenvalue weighted by Gasteiger charge is 2.33. The normalized spacial score (nSPS) is 20.0. The second kappa shape index (κ2) is 4.30. The van der Waals surface area contributed by atoms with Crippen molar-refractivity contribution in [2.45, 2.75) is 25.4 Å². The number of amides is 1. The van der Waals surface area contributed by atoms with E-state index in [1.54, 1.807) is 0 Å². The van der Waals surface area contributed by atoms with Crippen molar-refractivity contribution >= 4 is 11.9 Å². The smallest absolute Gasteiger partial charge is 0.326 e. The maximum Gasteiger partial charge on any atom is 0.326 e. The molecule has 1 N–H and O–H groups in total. The summed E-state index contributed by atoms with van der Waals surface area (Å²) in [5, 5.41) is 12.7. The fourth-order valence-electron chi connectivity index (χ4n) is 1.87. The van der Waals surface area contributed by atoms with Gasteiger partial charge in [-0.3, -0.25) is 4.79 Å². The molecular formula is C9H12N4O3. The Morgan fingerprint density at radius 1 is 1.50 bits per heavy atom. The number of carboxylic acid groups (broad SMARTS) is 1. The van der Waals surface area contributed by atoms with Crippen molar-refractivity contribution in [1.82, 2.24) is 19.7 Å². The van der Waals surface area contributed by atoms with Gasteiger partial charge in [-0.1, -0.05) is 0 Å². The van der Waals surface area contributed by atoms with Crippen LogP contribution in [0.25, 0.3) is 0 Å². The second-order valence-corrected chi connectivity index (χ2v) is 3.68. The van der Waals surface area contributed by atoms with Crippen molar-refractivity contribution in [3.8, 4) is 0 Å². The summed E-state index contributed by atoms with van der Waals surface area (Å²) in [7, 11) is 0. The molecule has 0 aliphatic carbocycles. The maximum absolute atomic E-state index is 11.8. The molecule has 7 heteroatoms. The van der Waals surface area contributed by atoms with Crippen LogP contribution in [-0.2, 0) is 16.1 Å². The summed E-state index contributed by atoms with van der Waals surface area (Å²) in [5.41, 5.74) is 0. The molecule has 1 saturated heterocycles. The lowest BCUT2D eigenvalue weighted by atomic mass is 10.2. The Bertz CT molecular complexity index is 389. The van der Waals surface area contributed by atoms with E-state index in [4.69, 9.17) is 5.11 Å². The van der Waals surface area contributed by atoms with Crippen LogP contribution in [0, 0.1) is 0 Å². The van der Waals surface area contributed by atoms with Crippen molar-refractivity contribution < 1.29 is 14.7 Å². The second-order valence-electron chi connectivity index (χ2n) is 3.68. The molecule has 0 bridgehead atoms. The van der Waals surface area contributed by atoms with Gasteiger partial charge in [-0.15, -0.1) is 0 Å². The SMILES string of the molecule is O=C(O)[C@@H]1CCCN1C(=O)Cn1cncn1. The first kappa shape index (κ1) is 10.6. The predicted molar refractivity (Wildman–Crippen MR) is 52.4 cm³/mol. The highest BCUT2D eigenvalue weighted by atomic mass is 16.4. The van der Waals surface area contributed by atoms with Gasteiger partial charge in [-0.05, 0) is 12.8 Å². The van der Waals surface area contributed by atoms with Gasteiger partial charge in [0.05, 0.1) is 0 Å². The van der Waals surface area contributed by atoms with Gasteiger partial charge in [0.2, 0.25) is 5.91 Å². The quantitative estimate of drug-likeness (QED) is 0.737. The molecule has 1 atom stereocenters. The van der Waals surface area contributed by atoms with Crippen LogP contribution in [-0.4, -0.2) is 49.2 Å². The molecule has 7 nitrogen and oxygen atoms in total. The van der Waals surface area contributed by atoms with Gasteiger partial charge >= 0.3 is 5.97 Å². The zero-order valence-corrected chi connectivity index (χ0v) is 8.61. The van der Waals surface area contributed by atoms with Gasteiger partial charge in [0.25, 0.3) is 0 Å². The summed E-state index contributed by atoms with van der Waals surface area (Å²) in [6.07, 6.45) is 4.04. The Morgan fingerprint density at radius 3 is 2.94 bits per heavy atom. The standard InChI is InChI=1S/C9H12N4O3/c14-8(4-12-6-10-5-11-12)13-3-1-2-7(13)9(15)16/h5-7H,1-4H2,(H,15,16)/t7-/m0/s1. The van der Waals surface area contributed by atoms with E-state index in [1.165, 1.54) is 22.2 Å². The van der Waals surface area contributed by atoms with Crippen LogP contribution < -0.4 is 0 Å². The fourth-order valence-corrected chi connectivity index (χ4v) is 1.87. The van der Waals surface area contributed by atoms with E-state index in [1.807, 2.05) is 0 Å². The van der Waals surface area contributed by atoms with E-state index in [-0.39, 0.29) is 12.5 Å². The third-order valence-electron chi connectivity index (χ3n) is 2.62. The van der Waals surface area contributed by atoms with Gasteiger partial charge in [-0.2, -0.15) is 5.10 Å². The van der Waals surface area contributed by atoms with Gasteiger partial charge in [0.1, 0.15) is 25.2 Å². The van der Waals surface area contributed by atoms with E-state index in [0.717, 1.165) is 6.42 Å². The molecule has 16 heavy (non-hydrogen) atoms. The lowest BCUT2D eigenvalue weighted by molar-refractivity contribution is -0.148. The molecule has 0 aromatic carbocycles. The summed E-state index contributed by atoms with van der Waals surface area (Å²) in [6, 6.07) is -0.684. The zero-order valence-electron chi connectivity index (χ0n) is 8.61. The van der Waals surface area contributed by atoms with Crippen molar-refractivity contribution in [2.24, 2.45) is 0 Å². The molecule has 0 spiro atoms. The number of carbonyl (C=O) groups is 2. The summed E-state index contributed by atoms with van der Waals surface area (Å²) in [4.78, 5) is 27.8. The van der Waals surface area contributed by atoms with E-state index in [0.29, 0.717) is 13.0 Å². The summed E-state index contributed by atoms with van der Waals surface area (Å²) in [5.74, 6) is -1.17. The first-order valence-corrected chi connectivity index (χ1v) is 5.03. The lowest BCUT2D eigenvalue weighted by Crippen LogP contribution is -2.42.